The number of hydrogen-bond acceptors (Lipinski definition) is 12. The van der Waals surface area contributed by atoms with Crippen molar-refractivity contribution in [3.8, 4) is 11.5 Å². The molecule has 0 N–H and O–H groups in total. The van der Waals surface area contributed by atoms with Crippen molar-refractivity contribution in [2.45, 2.75) is 148 Å². The van der Waals surface area contributed by atoms with E-state index in [0.717, 1.165) is 156 Å². The van der Waals surface area contributed by atoms with Gasteiger partial charge in [0.05, 0.1) is 33.0 Å². The molecule has 7 saturated carbocycles. The van der Waals surface area contributed by atoms with Crippen LogP contribution in [0.5, 0.6) is 11.5 Å². The number of carbonyl (C=O) groups excluding carboxylic acids is 3. The Kier molecular flexibility index (Phi) is 29.7. The maximum atomic E-state index is 11.7. The Hall–Kier alpha value is -12.2. The highest BCUT2D eigenvalue weighted by Gasteiger charge is 2.42. The molecule has 16 aliphatic rings. The van der Waals surface area contributed by atoms with Crippen LogP contribution in [0.2, 0.25) is 0 Å². The van der Waals surface area contributed by atoms with E-state index in [2.05, 4.69) is 194 Å². The second kappa shape index (κ2) is 43.7. The topological polar surface area (TPSA) is 158 Å². The Morgan fingerprint density at radius 3 is 1.18 bits per heavy atom. The lowest BCUT2D eigenvalue weighted by atomic mass is 9.86. The van der Waals surface area contributed by atoms with Crippen molar-refractivity contribution < 1.29 is 46.9 Å². The number of allylic oxidation sites excluding steroid dienone is 18. The first-order valence-corrected chi connectivity index (χ1v) is 50.5. The van der Waals surface area contributed by atoms with E-state index < -0.39 is 0 Å². The first-order chi connectivity index (χ1) is 66.2. The fraction of sp³-hybridized carbons (Fsp3) is 0.390. The largest absolute Gasteiger partial charge is 0.493 e. The average Bonchev–Trinajstić information content (AvgIpc) is 1.66. The number of carbonyl (C=O) groups is 3. The summed E-state index contributed by atoms with van der Waals surface area (Å²) in [6.45, 7) is 6.84. The highest BCUT2D eigenvalue weighted by molar-refractivity contribution is 5.90. The lowest BCUT2D eigenvalue weighted by Crippen LogP contribution is -2.16. The van der Waals surface area contributed by atoms with Crippen LogP contribution in [0.25, 0.3) is 51.3 Å². The van der Waals surface area contributed by atoms with Gasteiger partial charge in [0.1, 0.15) is 22.7 Å². The highest BCUT2D eigenvalue weighted by atomic mass is 16.5. The Balaban J connectivity index is 0.000000102. The number of fused-ring (bicyclic) bond motifs is 18. The molecule has 12 heteroatoms. The van der Waals surface area contributed by atoms with Crippen LogP contribution in [0, 0.1) is 118 Å². The monoisotopic (exact) mass is 1800 g/mol. The summed E-state index contributed by atoms with van der Waals surface area (Å²) in [7, 11) is 0. The highest BCUT2D eigenvalue weighted by Crippen LogP contribution is 2.52. The summed E-state index contributed by atoms with van der Waals surface area (Å²) in [6, 6.07) is 63.8. The molecule has 7 aromatic carbocycles. The minimum absolute atomic E-state index is 0.209. The van der Waals surface area contributed by atoms with Gasteiger partial charge in [0.15, 0.2) is 0 Å². The molecular weight excluding hydrogens is 1670 g/mol. The van der Waals surface area contributed by atoms with Crippen molar-refractivity contribution >= 4 is 69.2 Å². The molecule has 2 heterocycles. The van der Waals surface area contributed by atoms with Crippen LogP contribution in [0.3, 0.4) is 0 Å². The van der Waals surface area contributed by atoms with Crippen LogP contribution >= 0.6 is 0 Å². The van der Waals surface area contributed by atoms with Crippen molar-refractivity contribution in [1.82, 2.24) is 0 Å². The molecule has 21 unspecified atom stereocenters. The molecule has 0 spiro atoms. The van der Waals surface area contributed by atoms with Crippen LogP contribution in [0.4, 0.5) is 0 Å². The number of benzene rings is 7. The quantitative estimate of drug-likeness (QED) is 0.0186. The number of ether oxygens (including phenoxy) is 5. The average molecular weight is 1800 g/mol. The van der Waals surface area contributed by atoms with Gasteiger partial charge in [-0.2, -0.15) is 0 Å². The first kappa shape index (κ1) is 91.9. The van der Waals surface area contributed by atoms with Crippen LogP contribution in [0.15, 0.2) is 322 Å². The molecule has 0 aliphatic heterocycles. The van der Waals surface area contributed by atoms with Gasteiger partial charge in [-0.15, -0.1) is 0 Å². The van der Waals surface area contributed by atoms with Crippen LogP contribution in [0.1, 0.15) is 179 Å². The summed E-state index contributed by atoms with van der Waals surface area (Å²) < 4.78 is 37.7. The lowest BCUT2D eigenvalue weighted by molar-refractivity contribution is -0.140. The second-order valence-electron chi connectivity index (χ2n) is 40.9. The Morgan fingerprint density at radius 2 is 0.741 bits per heavy atom. The van der Waals surface area contributed by atoms with E-state index in [1.165, 1.54) is 189 Å². The van der Waals surface area contributed by atoms with Crippen molar-refractivity contribution in [1.29, 1.82) is 0 Å². The van der Waals surface area contributed by atoms with E-state index in [1.807, 2.05) is 68.4 Å². The minimum Gasteiger partial charge on any atom is -0.493 e. The Morgan fingerprint density at radius 1 is 0.348 bits per heavy atom. The normalized spacial score (nSPS) is 28.6. The van der Waals surface area contributed by atoms with Crippen LogP contribution in [-0.2, 0) is 47.9 Å². The summed E-state index contributed by atoms with van der Waals surface area (Å²) in [5.41, 5.74) is 16.0. The Labute approximate surface area is 796 Å². The summed E-state index contributed by atoms with van der Waals surface area (Å²) in [5, 5.41) is 1.83. The summed E-state index contributed by atoms with van der Waals surface area (Å²) >= 11 is 0. The van der Waals surface area contributed by atoms with Crippen molar-refractivity contribution in [3.63, 3.8) is 0 Å². The first-order valence-electron chi connectivity index (χ1n) is 50.5. The smallest absolute Gasteiger partial charge is 0.336 e. The molecule has 135 heavy (non-hydrogen) atoms. The van der Waals surface area contributed by atoms with E-state index in [9.17, 15) is 24.0 Å². The number of aryl methyl sites for hydroxylation is 1. The molecule has 12 nitrogen and oxygen atoms in total. The molecule has 0 radical (unpaired) electrons. The number of esters is 3. The summed E-state index contributed by atoms with van der Waals surface area (Å²) in [5.74, 6) is 16.7. The zero-order chi connectivity index (χ0) is 91.9. The molecule has 0 amide bonds. The Bertz CT molecular complexity index is 6180. The van der Waals surface area contributed by atoms with Gasteiger partial charge in [-0.25, -0.2) is 24.0 Å². The van der Waals surface area contributed by atoms with E-state index in [1.54, 1.807) is 42.5 Å². The van der Waals surface area contributed by atoms with Crippen molar-refractivity contribution in [2.75, 3.05) is 33.0 Å². The van der Waals surface area contributed by atoms with Crippen LogP contribution in [-0.4, -0.2) is 50.9 Å². The zero-order valence-corrected chi connectivity index (χ0v) is 78.3. The van der Waals surface area contributed by atoms with Gasteiger partial charge in [0, 0.05) is 53.3 Å². The third-order valence-corrected chi connectivity index (χ3v) is 32.0. The zero-order valence-electron chi connectivity index (χ0n) is 78.3. The molecule has 9 aromatic rings. The maximum Gasteiger partial charge on any atom is 0.336 e. The van der Waals surface area contributed by atoms with Crippen LogP contribution < -0.4 is 20.7 Å². The van der Waals surface area contributed by atoms with Crippen molar-refractivity contribution in [2.24, 2.45) is 118 Å². The van der Waals surface area contributed by atoms with Gasteiger partial charge in [-0.05, 0) is 370 Å². The van der Waals surface area contributed by atoms with Gasteiger partial charge in [0.25, 0.3) is 0 Å². The van der Waals surface area contributed by atoms with Gasteiger partial charge in [0.2, 0.25) is 0 Å². The number of rotatable bonds is 24. The van der Waals surface area contributed by atoms with Gasteiger partial charge in [-0.1, -0.05) is 237 Å². The molecule has 16 aliphatic carbocycles. The standard InChI is InChI=1S/C24H24.C22H20.C18H18O3.C17H16O3.C17H18O2.C13H18O2.C12H16O2/c1-2-4-21-16-24(15-20(21)3-1)19-9-5-17(6-10-19)7-11-22-13-18-8-12-23(22)14-18;1-2-4-19-14-21(13-18(19)3-1)16-7-9-17(10-8-16)22-12-15-5-6-20(22)11-15;19-18-6-4-13-3-5-16(11-17(13)21-18)20-8-7-15-10-12-1-2-14(15)9-12;18-17-6-4-12-3-5-15(9-16(12)20-17)19-10-14-8-11-1-2-13(14)7-11;18-17(9-7-13-4-2-1-3-5-13)19-12-16-11-14-6-8-15(16)10-14;1-2-3-13(14)15-7-6-12-9-10-4-5-11(12)8-10;1-2-3-12(13)14-8-11-7-9-4-5-10(11)6-9/h1-6,8-10,12,15,18,22-23H,7,11,13-14,16H2;1-10,13,15,20,22H,11-12,14H2;1-6,11-12,14-15H,7-10H2;1-6,9,11,13-14H,7-8,10H2;1-9,14-16H,10-12H2;2-5,10-12H,6-9H2,1H3;2-5,9-11H,6-8H2,1H3/b;;;;9-7+;2*3-2+. The molecule has 7 fully saturated rings. The van der Waals surface area contributed by atoms with Crippen molar-refractivity contribution in [3.05, 3.63) is 374 Å². The SMILES string of the molecule is C/C=C/C(=O)OCC1CC2C=CC1C2.C/C=C/C(=O)OCCC1CC2C=CC1C2.C1=CC2CC1CC2CCc1ccc(C2=Cc3ccccc3C2)cc1.C1=CC2CC1CC2c1ccc(C2=Cc3ccccc3C2)cc1.O=C(/C=C/c1ccccc1)OCC1CC2C=CC1C2.O=c1ccc2ccc(OCC3CC4C=CC3C4)cc2o1.O=c1ccc2ccc(OCCC3CC4C=CC3C4)cc2o1. The predicted molar refractivity (Wildman–Crippen MR) is 542 cm³/mol. The van der Waals surface area contributed by atoms with E-state index in [-0.39, 0.29) is 29.2 Å². The van der Waals surface area contributed by atoms with Gasteiger partial charge < -0.3 is 32.5 Å². The molecule has 2 aromatic heterocycles. The molecular formula is C123H130O12. The predicted octanol–water partition coefficient (Wildman–Crippen LogP) is 27.0. The van der Waals surface area contributed by atoms with Gasteiger partial charge in [-0.3, -0.25) is 0 Å². The fourth-order valence-electron chi connectivity index (χ4n) is 24.8. The molecule has 694 valence electrons. The van der Waals surface area contributed by atoms with E-state index >= 15 is 0 Å². The molecule has 25 rings (SSSR count). The van der Waals surface area contributed by atoms with Gasteiger partial charge >= 0.3 is 29.2 Å². The molecule has 14 bridgehead atoms. The molecule has 21 atom stereocenters. The summed E-state index contributed by atoms with van der Waals surface area (Å²) in [6.07, 6.45) is 72.6. The van der Waals surface area contributed by atoms with E-state index in [0.29, 0.717) is 66.5 Å². The van der Waals surface area contributed by atoms with E-state index in [4.69, 9.17) is 32.5 Å². The number of hydrogen-bond donors (Lipinski definition) is 0. The third-order valence-electron chi connectivity index (χ3n) is 32.0. The maximum absolute atomic E-state index is 11.7. The minimum atomic E-state index is -0.326. The summed E-state index contributed by atoms with van der Waals surface area (Å²) in [4.78, 5) is 56.3. The lowest BCUT2D eigenvalue weighted by Gasteiger charge is -2.18. The molecule has 0 saturated heterocycles. The third kappa shape index (κ3) is 23.7. The second-order valence-corrected chi connectivity index (χ2v) is 40.9. The fourth-order valence-corrected chi connectivity index (χ4v) is 24.8.